The van der Waals surface area contributed by atoms with E-state index >= 15 is 0 Å². The summed E-state index contributed by atoms with van der Waals surface area (Å²) in [5.41, 5.74) is 30.1. The first-order chi connectivity index (χ1) is 71.8. The quantitative estimate of drug-likeness (QED) is 0.0340. The Bertz CT molecular complexity index is 7640. The number of nitrogens with zero attached hydrogens (tertiary/aromatic N) is 24. The van der Waals surface area contributed by atoms with Gasteiger partial charge in [0.2, 0.25) is 0 Å². The van der Waals surface area contributed by atoms with Crippen LogP contribution in [0.1, 0.15) is 52.3 Å². The largest absolute Gasteiger partial charge is 0.497 e. The molecule has 149 heavy (non-hydrogen) atoms. The van der Waals surface area contributed by atoms with Crippen molar-refractivity contribution in [3.05, 3.63) is 238 Å². The van der Waals surface area contributed by atoms with Gasteiger partial charge in [0.1, 0.15) is 61.4 Å². The van der Waals surface area contributed by atoms with E-state index in [0.29, 0.717) is 109 Å². The van der Waals surface area contributed by atoms with Crippen LogP contribution in [0.3, 0.4) is 0 Å². The maximum atomic E-state index is 12.7. The molecule has 2 aliphatic rings. The number of rotatable bonds is 31. The molecule has 19 rings (SSSR count). The number of fused-ring (bicyclic) bond motifs is 4. The third-order valence-corrected chi connectivity index (χ3v) is 26.2. The Morgan fingerprint density at radius 3 is 1.15 bits per heavy atom. The Labute approximate surface area is 864 Å². The fourth-order valence-electron chi connectivity index (χ4n) is 17.2. The van der Waals surface area contributed by atoms with Crippen LogP contribution < -0.4 is 69.0 Å². The molecule has 17 aromatic rings. The molecule has 0 radical (unpaired) electrons. The molecule has 0 spiro atoms. The van der Waals surface area contributed by atoms with Gasteiger partial charge in [-0.25, -0.2) is 38.1 Å². The molecule has 1 amide bonds. The molecule has 0 saturated carbocycles. The van der Waals surface area contributed by atoms with E-state index in [9.17, 15) is 18.3 Å². The van der Waals surface area contributed by atoms with Gasteiger partial charge in [-0.2, -0.15) is 20.4 Å². The molecule has 11 heterocycles. The first-order valence-electron chi connectivity index (χ1n) is 48.4. The third-order valence-electron chi connectivity index (χ3n) is 25.2. The molecule has 0 unspecified atom stereocenters. The fraction of sp³-hybridized carbons (Fsp3) is 0.321. The molecule has 0 atom stereocenters. The number of hydrogen-bond acceptors (Lipinski definition) is 33. The summed E-state index contributed by atoms with van der Waals surface area (Å²) in [7, 11) is 17.5. The minimum absolute atomic E-state index is 0.0207. The van der Waals surface area contributed by atoms with Crippen LogP contribution >= 0.6 is 0 Å². The van der Waals surface area contributed by atoms with Crippen molar-refractivity contribution in [1.29, 1.82) is 0 Å². The number of piperidine rings is 2. The average molecular weight is 2040 g/mol. The number of nitrogens with two attached hydrogens (primary N) is 2. The number of hydrogen-bond donors (Lipinski definition) is 3. The summed E-state index contributed by atoms with van der Waals surface area (Å²) < 4.78 is 81.3. The van der Waals surface area contributed by atoms with Crippen LogP contribution in [0.25, 0.3) is 89.2 Å². The van der Waals surface area contributed by atoms with Gasteiger partial charge in [-0.3, -0.25) is 38.7 Å². The lowest BCUT2D eigenvalue weighted by Gasteiger charge is -2.41. The van der Waals surface area contributed by atoms with Gasteiger partial charge in [0.15, 0.2) is 5.82 Å². The van der Waals surface area contributed by atoms with Crippen molar-refractivity contribution in [2.24, 2.45) is 39.7 Å². The number of likely N-dealkylation sites (tertiary alicyclic amines) is 2. The highest BCUT2D eigenvalue weighted by Gasteiger charge is 2.38. The van der Waals surface area contributed by atoms with Gasteiger partial charge in [0.25, 0.3) is 0 Å². The lowest BCUT2D eigenvalue weighted by atomic mass is 9.90. The van der Waals surface area contributed by atoms with Gasteiger partial charge in [-0.15, -0.1) is 0 Å². The highest BCUT2D eigenvalue weighted by atomic mass is 32.2. The maximum Gasteiger partial charge on any atom is 0.410 e. The molecule has 39 nitrogen and oxygen atoms in total. The average Bonchev–Trinajstić information content (AvgIpc) is 1.51. The topological polar surface area (TPSA) is 418 Å². The summed E-state index contributed by atoms with van der Waals surface area (Å²) in [5, 5.41) is 28.9. The number of aliphatic hydroxyl groups is 1. The highest BCUT2D eigenvalue weighted by molar-refractivity contribution is 7.90. The van der Waals surface area contributed by atoms with Crippen LogP contribution in [-0.4, -0.2) is 270 Å². The van der Waals surface area contributed by atoms with Crippen LogP contribution in [0, 0.1) is 11.8 Å². The van der Waals surface area contributed by atoms with E-state index in [-0.39, 0.29) is 24.9 Å². The molecule has 2 saturated heterocycles. The Morgan fingerprint density at radius 1 is 0.443 bits per heavy atom. The minimum atomic E-state index is -3.07. The number of ether oxygens (including phenoxy) is 9. The summed E-state index contributed by atoms with van der Waals surface area (Å²) in [6, 6.07) is 47.2. The van der Waals surface area contributed by atoms with Crippen molar-refractivity contribution in [1.82, 2.24) is 98.3 Å². The summed E-state index contributed by atoms with van der Waals surface area (Å²) >= 11 is 0. The zero-order chi connectivity index (χ0) is 105. The molecular weight excluding hydrogens is 1910 g/mol. The van der Waals surface area contributed by atoms with E-state index in [4.69, 9.17) is 74.0 Å². The van der Waals surface area contributed by atoms with Gasteiger partial charge >= 0.3 is 6.09 Å². The lowest BCUT2D eigenvalue weighted by Crippen LogP contribution is -2.52. The summed E-state index contributed by atoms with van der Waals surface area (Å²) in [6.45, 7) is 12.0. The molecule has 0 bridgehead atoms. The molecule has 774 valence electrons. The van der Waals surface area contributed by atoms with Gasteiger partial charge in [0, 0.05) is 257 Å². The predicted molar refractivity (Wildman–Crippen MR) is 577 cm³/mol. The molecule has 2 fully saturated rings. The second kappa shape index (κ2) is 47.3. The molecule has 8 aromatic carbocycles. The van der Waals surface area contributed by atoms with E-state index in [0.717, 1.165) is 168 Å². The summed E-state index contributed by atoms with van der Waals surface area (Å²) in [5.74, 6) is 12.6. The van der Waals surface area contributed by atoms with E-state index in [1.165, 1.54) is 6.26 Å². The van der Waals surface area contributed by atoms with Crippen LogP contribution in [0.2, 0.25) is 0 Å². The normalized spacial score (nSPS) is 13.1. The van der Waals surface area contributed by atoms with Crippen molar-refractivity contribution in [2.45, 2.75) is 70.2 Å². The second-order valence-electron chi connectivity index (χ2n) is 37.1. The number of carbonyl (C=O) groups excluding carboxylic acids is 1. The zero-order valence-electron chi connectivity index (χ0n) is 86.5. The van der Waals surface area contributed by atoms with Crippen molar-refractivity contribution in [3.8, 4) is 103 Å². The van der Waals surface area contributed by atoms with E-state index in [2.05, 4.69) is 88.9 Å². The molecule has 9 aromatic heterocycles. The molecular formula is C109H124N26O13S. The predicted octanol–water partition coefficient (Wildman–Crippen LogP) is 15.2. The molecule has 40 heteroatoms. The number of sulfone groups is 1. The Morgan fingerprint density at radius 2 is 0.799 bits per heavy atom. The smallest absolute Gasteiger partial charge is 0.410 e. The van der Waals surface area contributed by atoms with Gasteiger partial charge in [-0.1, -0.05) is 5.92 Å². The SMILES string of the molecule is COc1cc(OC)cc(N(CC#Cc2nccn2C)c2ccc3ncc(-c4cnn(C)c4)nc3c2)c1.COc1cc(OC)cc(N(CC2(O)CCN(C(=O)OC(C)(C)C)CC2)c2ccc3ncc(-c4cnn(C)c4)nc3c2)c1.COc1cc(OC)cc(N(CCN)c2ccc3ncc(-c4cnn(CCS(C)(=O)=O)c4)nc3c2)c1.COc1cc(OC)cc(N(CCN2CCC(N)CC2)c2ccc3ncc(-c4cnn(C)c4)nc3c2)c1. The van der Waals surface area contributed by atoms with Crippen molar-refractivity contribution < 1.29 is 61.0 Å². The first kappa shape index (κ1) is 105. The summed E-state index contributed by atoms with van der Waals surface area (Å²) in [4.78, 5) is 67.4. The van der Waals surface area contributed by atoms with E-state index in [1.807, 2.05) is 217 Å². The lowest BCUT2D eigenvalue weighted by molar-refractivity contribution is -0.0265. The first-order valence-corrected chi connectivity index (χ1v) is 50.5. The molecule has 5 N–H and O–H groups in total. The van der Waals surface area contributed by atoms with Gasteiger partial charge in [-0.05, 0) is 138 Å². The second-order valence-corrected chi connectivity index (χ2v) is 39.4. The fourth-order valence-corrected chi connectivity index (χ4v) is 17.7. The Kier molecular flexibility index (Phi) is 33.4. The van der Waals surface area contributed by atoms with Crippen molar-refractivity contribution >= 4 is 106 Å². The van der Waals surface area contributed by atoms with Crippen LogP contribution in [-0.2, 0) is 49.3 Å². The third kappa shape index (κ3) is 27.0. The number of aromatic nitrogens is 18. The van der Waals surface area contributed by atoms with E-state index < -0.39 is 21.0 Å². The number of aryl methyl sites for hydroxylation is 5. The summed E-state index contributed by atoms with van der Waals surface area (Å²) in [6.07, 6.45) is 28.8. The van der Waals surface area contributed by atoms with Gasteiger partial charge < -0.3 is 93.2 Å². The monoisotopic (exact) mass is 2040 g/mol. The maximum absolute atomic E-state index is 12.7. The van der Waals surface area contributed by atoms with Crippen LogP contribution in [0.5, 0.6) is 46.0 Å². The Hall–Kier alpha value is -16.6. The number of benzene rings is 8. The van der Waals surface area contributed by atoms with Crippen LogP contribution in [0.15, 0.2) is 232 Å². The zero-order valence-corrected chi connectivity index (χ0v) is 87.3. The minimum Gasteiger partial charge on any atom is -0.497 e. The Balaban J connectivity index is 0.000000142. The van der Waals surface area contributed by atoms with Crippen molar-refractivity contribution in [3.63, 3.8) is 0 Å². The highest BCUT2D eigenvalue weighted by Crippen LogP contribution is 2.42. The number of carbonyl (C=O) groups is 1. The van der Waals surface area contributed by atoms with E-state index in [1.54, 1.807) is 142 Å². The van der Waals surface area contributed by atoms with Gasteiger partial charge in [0.05, 0.1) is 204 Å². The standard InChI is InChI=1S/C31H38N6O5.C27H25N7O2.C27H33N7O2.C24H28N6O4S/c1-30(2,3)42-29(38)36-11-9-31(39,10-12-36)20-37(23-13-24(40-5)16-25(14-23)41-6)22-7-8-26-27(15-22)34-28(18-32-26)21-17-33-35(4)19-21;1-32-11-9-28-27(32)6-5-10-34(21-12-22(35-3)15-23(13-21)36-4)20-7-8-24-25(14-20)31-26(17-29-24)19-16-30-33(2)18-19;1-32-18-19(16-30-32)27-17-29-25-5-4-21(14-26(25)31-27)34(11-10-33-8-6-20(28)7-9-33)22-12-23(35-2)15-24(13-22)36-3;1-33-20-10-19(11-21(13-20)34-2)30(7-6-25)18-4-5-22-23(12-18)28-24(15-26-22)17-14-27-29(16-17)8-9-35(3,31)32/h7-8,13-19,39H,9-12,20H2,1-6H3;7-9,11-18H,10H2,1-4H3;4-5,12-18,20H,6-11,28H2,1-3H3;4-5,10-16H,6-9,25H2,1-3H3. The van der Waals surface area contributed by atoms with Crippen molar-refractivity contribution in [2.75, 3.05) is 154 Å². The number of imidazole rings is 1. The number of anilines is 8. The number of methoxy groups -OCH3 is 8. The number of amides is 1. The molecule has 2 aliphatic heterocycles. The molecule has 0 aliphatic carbocycles. The van der Waals surface area contributed by atoms with Crippen LogP contribution in [0.4, 0.5) is 50.3 Å².